The summed E-state index contributed by atoms with van der Waals surface area (Å²) in [6.45, 7) is 5.24. The van der Waals surface area contributed by atoms with Gasteiger partial charge in [0, 0.05) is 25.3 Å². The van der Waals surface area contributed by atoms with E-state index in [9.17, 15) is 19.6 Å². The Kier molecular flexibility index (Phi) is 9.34. The average Bonchev–Trinajstić information content (AvgIpc) is 3.32. The second-order valence-electron chi connectivity index (χ2n) is 8.51. The monoisotopic (exact) mass is 480 g/mol. The van der Waals surface area contributed by atoms with E-state index in [1.54, 1.807) is 11.0 Å². The molecule has 10 heteroatoms. The van der Waals surface area contributed by atoms with Gasteiger partial charge in [-0.1, -0.05) is 31.4 Å². The number of halogens is 1. The van der Waals surface area contributed by atoms with Gasteiger partial charge in [-0.05, 0) is 37.5 Å². The number of carbonyl (C=O) groups is 3. The Morgan fingerprint density at radius 3 is 2.76 bits per heavy atom. The van der Waals surface area contributed by atoms with Crippen LogP contribution in [0.1, 0.15) is 39.0 Å². The molecule has 0 unspecified atom stereocenters. The van der Waals surface area contributed by atoms with E-state index in [0.29, 0.717) is 54.8 Å². The van der Waals surface area contributed by atoms with Crippen LogP contribution >= 0.6 is 11.6 Å². The van der Waals surface area contributed by atoms with Gasteiger partial charge in [-0.25, -0.2) is 5.06 Å². The van der Waals surface area contributed by atoms with Gasteiger partial charge in [0.1, 0.15) is 6.04 Å². The van der Waals surface area contributed by atoms with E-state index in [1.807, 2.05) is 19.1 Å². The van der Waals surface area contributed by atoms with Gasteiger partial charge in [-0.2, -0.15) is 0 Å². The number of carbonyl (C=O) groups excluding carboxylic acids is 3. The number of nitrogens with zero attached hydrogens (tertiary/aromatic N) is 3. The fourth-order valence-electron chi connectivity index (χ4n) is 4.42. The predicted molar refractivity (Wildman–Crippen MR) is 125 cm³/mol. The van der Waals surface area contributed by atoms with Gasteiger partial charge in [-0.15, -0.1) is 0 Å². The molecule has 3 rings (SSSR count). The molecule has 1 aromatic rings. The molecule has 2 heterocycles. The van der Waals surface area contributed by atoms with Crippen molar-refractivity contribution < 1.29 is 24.3 Å². The largest absolute Gasteiger partial charge is 0.378 e. The molecule has 2 aliphatic heterocycles. The Bertz CT molecular complexity index is 833. The van der Waals surface area contributed by atoms with Crippen LogP contribution in [0.15, 0.2) is 18.2 Å². The Balaban J connectivity index is 1.66. The summed E-state index contributed by atoms with van der Waals surface area (Å²) in [5, 5.41) is 13.6. The van der Waals surface area contributed by atoms with Gasteiger partial charge >= 0.3 is 0 Å². The molecular formula is C23H33ClN4O5. The molecule has 1 aromatic carbocycles. The number of hydroxylamine groups is 2. The molecule has 0 radical (unpaired) electrons. The molecule has 2 aliphatic rings. The Hall–Kier alpha value is -2.36. The van der Waals surface area contributed by atoms with Gasteiger partial charge in [0.05, 0.1) is 36.4 Å². The van der Waals surface area contributed by atoms with Gasteiger partial charge in [0.2, 0.25) is 18.2 Å². The fourth-order valence-corrected chi connectivity index (χ4v) is 4.72. The van der Waals surface area contributed by atoms with Gasteiger partial charge in [0.25, 0.3) is 0 Å². The van der Waals surface area contributed by atoms with Crippen molar-refractivity contribution in [2.24, 2.45) is 5.92 Å². The second-order valence-corrected chi connectivity index (χ2v) is 8.92. The van der Waals surface area contributed by atoms with Crippen LogP contribution in [0, 0.1) is 5.92 Å². The van der Waals surface area contributed by atoms with E-state index in [-0.39, 0.29) is 18.4 Å². The van der Waals surface area contributed by atoms with Gasteiger partial charge in [0.15, 0.2) is 0 Å². The van der Waals surface area contributed by atoms with Crippen molar-refractivity contribution in [1.29, 1.82) is 0 Å². The second kappa shape index (κ2) is 12.2. The van der Waals surface area contributed by atoms with Crippen molar-refractivity contribution >= 4 is 41.2 Å². The summed E-state index contributed by atoms with van der Waals surface area (Å²) in [6, 6.07) is 4.83. The summed E-state index contributed by atoms with van der Waals surface area (Å²) in [4.78, 5) is 40.8. The third-order valence-electron chi connectivity index (χ3n) is 6.19. The zero-order chi connectivity index (χ0) is 23.8. The minimum Gasteiger partial charge on any atom is -0.378 e. The van der Waals surface area contributed by atoms with Crippen molar-refractivity contribution in [2.75, 3.05) is 49.6 Å². The molecule has 182 valence electrons. The molecule has 2 fully saturated rings. The molecule has 9 nitrogen and oxygen atoms in total. The Morgan fingerprint density at radius 1 is 1.33 bits per heavy atom. The van der Waals surface area contributed by atoms with E-state index < -0.39 is 12.0 Å². The maximum Gasteiger partial charge on any atom is 0.247 e. The van der Waals surface area contributed by atoms with Crippen LogP contribution in [-0.4, -0.2) is 78.8 Å². The smallest absolute Gasteiger partial charge is 0.247 e. The minimum absolute atomic E-state index is 0.0776. The first-order chi connectivity index (χ1) is 15.9. The number of hydrogen-bond acceptors (Lipinski definition) is 6. The van der Waals surface area contributed by atoms with Crippen molar-refractivity contribution in [3.63, 3.8) is 0 Å². The number of benzene rings is 1. The van der Waals surface area contributed by atoms with Crippen LogP contribution in [0.25, 0.3) is 0 Å². The lowest BCUT2D eigenvalue weighted by atomic mass is 9.99. The normalized spacial score (nSPS) is 19.3. The molecule has 2 N–H and O–H groups in total. The fraction of sp³-hybridized carbons (Fsp3) is 0.609. The molecule has 2 saturated heterocycles. The highest BCUT2D eigenvalue weighted by Crippen LogP contribution is 2.30. The van der Waals surface area contributed by atoms with E-state index in [4.69, 9.17) is 16.3 Å². The highest BCUT2D eigenvalue weighted by Gasteiger charge is 2.37. The van der Waals surface area contributed by atoms with Crippen LogP contribution in [-0.2, 0) is 19.1 Å². The first kappa shape index (κ1) is 25.3. The number of ether oxygens (including phenoxy) is 1. The average molecular weight is 481 g/mol. The summed E-state index contributed by atoms with van der Waals surface area (Å²) in [7, 11) is 0. The van der Waals surface area contributed by atoms with Crippen LogP contribution in [0.4, 0.5) is 11.4 Å². The zero-order valence-corrected chi connectivity index (χ0v) is 19.8. The van der Waals surface area contributed by atoms with E-state index in [1.165, 1.54) is 0 Å². The maximum atomic E-state index is 13.2. The van der Waals surface area contributed by atoms with Crippen LogP contribution < -0.4 is 10.2 Å². The quantitative estimate of drug-likeness (QED) is 0.303. The van der Waals surface area contributed by atoms with Crippen LogP contribution in [0.5, 0.6) is 0 Å². The minimum atomic E-state index is -0.595. The number of likely N-dealkylation sites (tertiary alicyclic amines) is 1. The predicted octanol–water partition coefficient (Wildman–Crippen LogP) is 2.76. The van der Waals surface area contributed by atoms with Crippen molar-refractivity contribution in [3.05, 3.63) is 23.2 Å². The molecule has 0 saturated carbocycles. The van der Waals surface area contributed by atoms with Crippen molar-refractivity contribution in [2.45, 2.75) is 45.1 Å². The molecule has 0 bridgehead atoms. The molecule has 0 aliphatic carbocycles. The number of hydrogen-bond donors (Lipinski definition) is 2. The highest BCUT2D eigenvalue weighted by atomic mass is 35.5. The highest BCUT2D eigenvalue weighted by molar-refractivity contribution is 6.33. The number of morpholine rings is 1. The van der Waals surface area contributed by atoms with Crippen LogP contribution in [0.3, 0.4) is 0 Å². The third-order valence-corrected chi connectivity index (χ3v) is 6.49. The van der Waals surface area contributed by atoms with Crippen molar-refractivity contribution in [3.8, 4) is 0 Å². The van der Waals surface area contributed by atoms with E-state index >= 15 is 0 Å². The summed E-state index contributed by atoms with van der Waals surface area (Å²) in [5.74, 6) is -1.01. The molecule has 0 aromatic heterocycles. The lowest BCUT2D eigenvalue weighted by Crippen LogP contribution is -2.47. The van der Waals surface area contributed by atoms with Gasteiger partial charge in [-0.3, -0.25) is 19.6 Å². The number of nitrogens with one attached hydrogen (secondary N) is 1. The number of rotatable bonds is 10. The summed E-state index contributed by atoms with van der Waals surface area (Å²) in [6.07, 6.45) is 3.81. The number of anilines is 2. The first-order valence-corrected chi connectivity index (χ1v) is 12.0. The topological polar surface area (TPSA) is 102 Å². The maximum absolute atomic E-state index is 13.2. The third kappa shape index (κ3) is 6.59. The lowest BCUT2D eigenvalue weighted by molar-refractivity contribution is -0.157. The SMILES string of the molecule is CCCC[C@H](CN(O)C=O)C(=O)N1CCC[C@H]1C(=O)Nc1ccc(N2CCOCC2)c(Cl)c1. The standard InChI is InChI=1S/C23H33ClN4O5/c1-2-3-5-17(15-27(32)16-29)23(31)28-9-4-6-21(28)22(30)25-18-7-8-20(19(24)14-18)26-10-12-33-13-11-26/h7-8,14,16-17,21,32H,2-6,9-13,15H2,1H3,(H,25,30)/t17-,21+/m1/s1. The molecule has 2 atom stereocenters. The van der Waals surface area contributed by atoms with Gasteiger partial charge < -0.3 is 19.9 Å². The molecule has 3 amide bonds. The van der Waals surface area contributed by atoms with E-state index in [0.717, 1.165) is 38.0 Å². The molecule has 33 heavy (non-hydrogen) atoms. The number of amides is 3. The van der Waals surface area contributed by atoms with Crippen molar-refractivity contribution in [1.82, 2.24) is 9.96 Å². The lowest BCUT2D eigenvalue weighted by Gasteiger charge is -2.30. The summed E-state index contributed by atoms with van der Waals surface area (Å²) in [5.41, 5.74) is 1.48. The Morgan fingerprint density at radius 2 is 2.09 bits per heavy atom. The molecular weight excluding hydrogens is 448 g/mol. The first-order valence-electron chi connectivity index (χ1n) is 11.6. The summed E-state index contributed by atoms with van der Waals surface area (Å²) < 4.78 is 5.38. The zero-order valence-electron chi connectivity index (χ0n) is 19.0. The number of unbranched alkanes of at least 4 members (excludes halogenated alkanes) is 1. The van der Waals surface area contributed by atoms with Crippen LogP contribution in [0.2, 0.25) is 5.02 Å². The Labute approximate surface area is 199 Å². The van der Waals surface area contributed by atoms with E-state index in [2.05, 4.69) is 10.2 Å². The summed E-state index contributed by atoms with van der Waals surface area (Å²) >= 11 is 6.48. The molecule has 0 spiro atoms.